The van der Waals surface area contributed by atoms with Gasteiger partial charge < -0.3 is 10.4 Å². The van der Waals surface area contributed by atoms with Gasteiger partial charge in [0.2, 0.25) is 0 Å². The molecular weight excluding hydrogens is 258 g/mol. The summed E-state index contributed by atoms with van der Waals surface area (Å²) in [5, 5.41) is 12.8. The van der Waals surface area contributed by atoms with Gasteiger partial charge in [0.1, 0.15) is 0 Å². The largest absolute Gasteiger partial charge is 0.392 e. The van der Waals surface area contributed by atoms with E-state index in [9.17, 15) is 0 Å². The number of hydrogen-bond acceptors (Lipinski definition) is 2. The lowest BCUT2D eigenvalue weighted by molar-refractivity contribution is 0.229. The van der Waals surface area contributed by atoms with Crippen molar-refractivity contribution in [3.05, 3.63) is 71.3 Å². The topological polar surface area (TPSA) is 32.3 Å². The van der Waals surface area contributed by atoms with Crippen LogP contribution in [0, 0.1) is 5.92 Å². The fourth-order valence-electron chi connectivity index (χ4n) is 2.98. The Morgan fingerprint density at radius 2 is 1.62 bits per heavy atom. The molecule has 0 radical (unpaired) electrons. The van der Waals surface area contributed by atoms with Gasteiger partial charge in [-0.2, -0.15) is 0 Å². The number of benzene rings is 2. The molecule has 1 saturated carbocycles. The molecule has 0 bridgehead atoms. The third-order valence-electron chi connectivity index (χ3n) is 4.51. The Labute approximate surface area is 126 Å². The van der Waals surface area contributed by atoms with Gasteiger partial charge in [0, 0.05) is 12.6 Å². The van der Waals surface area contributed by atoms with Crippen LogP contribution >= 0.6 is 0 Å². The number of aliphatic hydroxyl groups excluding tert-OH is 1. The molecule has 1 atom stereocenters. The summed E-state index contributed by atoms with van der Waals surface area (Å²) in [6, 6.07) is 19.4. The summed E-state index contributed by atoms with van der Waals surface area (Å²) in [5.41, 5.74) is 3.64. The highest BCUT2D eigenvalue weighted by Gasteiger charge is 2.27. The highest BCUT2D eigenvalue weighted by atomic mass is 16.3. The van der Waals surface area contributed by atoms with E-state index in [0.717, 1.165) is 18.0 Å². The summed E-state index contributed by atoms with van der Waals surface area (Å²) >= 11 is 0. The summed E-state index contributed by atoms with van der Waals surface area (Å²) in [5.74, 6) is 0.768. The second-order valence-electron chi connectivity index (χ2n) is 5.93. The average Bonchev–Trinajstić information content (AvgIpc) is 2.51. The molecule has 110 valence electrons. The van der Waals surface area contributed by atoms with Crippen LogP contribution in [0.15, 0.2) is 54.6 Å². The standard InChI is InChI=1S/C19H23NO/c21-14-16-11-9-15(10-12-16)13-20-19(18-7-4-8-18)17-5-2-1-3-6-17/h1-3,5-6,9-12,18-21H,4,7-8,13-14H2. The summed E-state index contributed by atoms with van der Waals surface area (Å²) in [6.07, 6.45) is 4.02. The van der Waals surface area contributed by atoms with Crippen LogP contribution in [-0.2, 0) is 13.2 Å². The molecule has 0 saturated heterocycles. The molecule has 1 aliphatic carbocycles. The average molecular weight is 281 g/mol. The van der Waals surface area contributed by atoms with E-state index in [1.165, 1.54) is 30.4 Å². The van der Waals surface area contributed by atoms with Gasteiger partial charge in [-0.15, -0.1) is 0 Å². The van der Waals surface area contributed by atoms with Gasteiger partial charge in [-0.1, -0.05) is 61.0 Å². The first kappa shape index (κ1) is 14.3. The van der Waals surface area contributed by atoms with Gasteiger partial charge in [0.25, 0.3) is 0 Å². The Hall–Kier alpha value is -1.64. The molecular formula is C19H23NO. The maximum absolute atomic E-state index is 9.09. The monoisotopic (exact) mass is 281 g/mol. The number of hydrogen-bond donors (Lipinski definition) is 2. The van der Waals surface area contributed by atoms with E-state index >= 15 is 0 Å². The maximum atomic E-state index is 9.09. The number of rotatable bonds is 6. The molecule has 3 rings (SSSR count). The quantitative estimate of drug-likeness (QED) is 0.844. The Bertz CT molecular complexity index is 546. The van der Waals surface area contributed by atoms with Crippen molar-refractivity contribution in [3.8, 4) is 0 Å². The highest BCUT2D eigenvalue weighted by molar-refractivity contribution is 5.23. The predicted octanol–water partition coefficient (Wildman–Crippen LogP) is 3.81. The smallest absolute Gasteiger partial charge is 0.0681 e. The van der Waals surface area contributed by atoms with E-state index in [1.807, 2.05) is 12.1 Å². The lowest BCUT2D eigenvalue weighted by Gasteiger charge is -2.35. The lowest BCUT2D eigenvalue weighted by Crippen LogP contribution is -2.31. The lowest BCUT2D eigenvalue weighted by atomic mass is 9.77. The minimum absolute atomic E-state index is 0.114. The van der Waals surface area contributed by atoms with Crippen molar-refractivity contribution in [2.75, 3.05) is 0 Å². The maximum Gasteiger partial charge on any atom is 0.0681 e. The molecule has 2 aromatic carbocycles. The zero-order chi connectivity index (χ0) is 14.5. The molecule has 2 heteroatoms. The van der Waals surface area contributed by atoms with Gasteiger partial charge in [0.15, 0.2) is 0 Å². The first-order valence-corrected chi connectivity index (χ1v) is 7.84. The van der Waals surface area contributed by atoms with Crippen LogP contribution in [0.3, 0.4) is 0 Å². The van der Waals surface area contributed by atoms with Crippen LogP contribution in [0.1, 0.15) is 42.0 Å². The van der Waals surface area contributed by atoms with Gasteiger partial charge >= 0.3 is 0 Å². The van der Waals surface area contributed by atoms with Crippen molar-refractivity contribution in [3.63, 3.8) is 0 Å². The van der Waals surface area contributed by atoms with Crippen LogP contribution in [0.4, 0.5) is 0 Å². The fourth-order valence-corrected chi connectivity index (χ4v) is 2.98. The van der Waals surface area contributed by atoms with Crippen LogP contribution in [-0.4, -0.2) is 5.11 Å². The zero-order valence-corrected chi connectivity index (χ0v) is 12.3. The Morgan fingerprint density at radius 3 is 2.19 bits per heavy atom. The van der Waals surface area contributed by atoms with Crippen LogP contribution in [0.5, 0.6) is 0 Å². The molecule has 0 aromatic heterocycles. The van der Waals surface area contributed by atoms with Gasteiger partial charge in [-0.05, 0) is 35.4 Å². The molecule has 1 fully saturated rings. The highest BCUT2D eigenvalue weighted by Crippen LogP contribution is 2.37. The summed E-state index contributed by atoms with van der Waals surface area (Å²) in [6.45, 7) is 0.990. The molecule has 0 heterocycles. The van der Waals surface area contributed by atoms with Gasteiger partial charge in [-0.3, -0.25) is 0 Å². The van der Waals surface area contributed by atoms with Crippen LogP contribution in [0.2, 0.25) is 0 Å². The Balaban J connectivity index is 1.67. The first-order chi connectivity index (χ1) is 10.4. The minimum Gasteiger partial charge on any atom is -0.392 e. The Morgan fingerprint density at radius 1 is 0.952 bits per heavy atom. The number of nitrogens with one attached hydrogen (secondary N) is 1. The molecule has 2 N–H and O–H groups in total. The fraction of sp³-hybridized carbons (Fsp3) is 0.368. The molecule has 0 amide bonds. The number of aliphatic hydroxyl groups is 1. The van der Waals surface area contributed by atoms with E-state index in [2.05, 4.69) is 47.8 Å². The van der Waals surface area contributed by atoms with Crippen molar-refractivity contribution in [1.29, 1.82) is 0 Å². The van der Waals surface area contributed by atoms with E-state index < -0.39 is 0 Å². The van der Waals surface area contributed by atoms with E-state index in [1.54, 1.807) is 0 Å². The van der Waals surface area contributed by atoms with Crippen molar-refractivity contribution < 1.29 is 5.11 Å². The second-order valence-corrected chi connectivity index (χ2v) is 5.93. The van der Waals surface area contributed by atoms with Crippen molar-refractivity contribution in [2.45, 2.75) is 38.5 Å². The van der Waals surface area contributed by atoms with Crippen molar-refractivity contribution >= 4 is 0 Å². The summed E-state index contributed by atoms with van der Waals surface area (Å²) < 4.78 is 0. The van der Waals surface area contributed by atoms with Crippen molar-refractivity contribution in [2.24, 2.45) is 5.92 Å². The molecule has 2 nitrogen and oxygen atoms in total. The first-order valence-electron chi connectivity index (χ1n) is 7.84. The summed E-state index contributed by atoms with van der Waals surface area (Å²) in [7, 11) is 0. The predicted molar refractivity (Wildman–Crippen MR) is 85.7 cm³/mol. The summed E-state index contributed by atoms with van der Waals surface area (Å²) in [4.78, 5) is 0. The minimum atomic E-state index is 0.114. The normalized spacial score (nSPS) is 16.4. The van der Waals surface area contributed by atoms with E-state index in [-0.39, 0.29) is 6.61 Å². The van der Waals surface area contributed by atoms with Crippen LogP contribution in [0.25, 0.3) is 0 Å². The van der Waals surface area contributed by atoms with E-state index in [0.29, 0.717) is 6.04 Å². The molecule has 21 heavy (non-hydrogen) atoms. The zero-order valence-electron chi connectivity index (χ0n) is 12.3. The Kier molecular flexibility index (Phi) is 4.69. The second kappa shape index (κ2) is 6.88. The molecule has 1 aliphatic rings. The molecule has 0 aliphatic heterocycles. The van der Waals surface area contributed by atoms with Crippen LogP contribution < -0.4 is 5.32 Å². The third kappa shape index (κ3) is 3.52. The van der Waals surface area contributed by atoms with Gasteiger partial charge in [-0.25, -0.2) is 0 Å². The molecule has 1 unspecified atom stereocenters. The van der Waals surface area contributed by atoms with Crippen molar-refractivity contribution in [1.82, 2.24) is 5.32 Å². The SMILES string of the molecule is OCc1ccc(CNC(c2ccccc2)C2CCC2)cc1. The van der Waals surface area contributed by atoms with E-state index in [4.69, 9.17) is 5.11 Å². The third-order valence-corrected chi connectivity index (χ3v) is 4.51. The molecule has 2 aromatic rings. The molecule has 0 spiro atoms. The van der Waals surface area contributed by atoms with Gasteiger partial charge in [0.05, 0.1) is 6.61 Å².